The molecule has 0 bridgehead atoms. The van der Waals surface area contributed by atoms with Crippen LogP contribution in [0.2, 0.25) is 0 Å². The molecule has 0 atom stereocenters. The molecule has 3 aromatic carbocycles. The fraction of sp³-hybridized carbons (Fsp3) is 0. The molecule has 35 heavy (non-hydrogen) atoms. The second kappa shape index (κ2) is 9.30. The molecular weight excluding hydrogens is 492 g/mol. The number of benzene rings is 3. The minimum Gasteiger partial charge on any atom is -0.478 e. The Kier molecular flexibility index (Phi) is 6.64. The molecule has 0 radical (unpaired) electrons. The maximum absolute atomic E-state index is 13.4. The first kappa shape index (κ1) is 25.0. The normalized spacial score (nSPS) is 11.0. The molecule has 13 heteroatoms. The van der Waals surface area contributed by atoms with Crippen LogP contribution in [0.5, 0.6) is 0 Å². The predicted molar refractivity (Wildman–Crippen MR) is 118 cm³/mol. The zero-order chi connectivity index (χ0) is 26.1. The van der Waals surface area contributed by atoms with Gasteiger partial charge in [-0.3, -0.25) is 0 Å². The standard InChI is InChI=1S/C22H13F2NO9S/c23-35(24,34)25-18-9-10(11-3-13(19(26)27)7-14(4-11)20(28)29)1-2-17(18)12-5-15(21(30)31)8-16(6-12)22(32)33/h1-9H,(H,26,27)(H,28,29)(H,30,31)(H,32,33). The average molecular weight is 505 g/mol. The summed E-state index contributed by atoms with van der Waals surface area (Å²) in [7, 11) is -5.75. The summed E-state index contributed by atoms with van der Waals surface area (Å²) in [5, 5.41) is 37.1. The smallest absolute Gasteiger partial charge is 0.371 e. The molecule has 4 N–H and O–H groups in total. The number of carboxylic acid groups (broad SMARTS) is 4. The highest BCUT2D eigenvalue weighted by molar-refractivity contribution is 7.83. The second-order valence-electron chi connectivity index (χ2n) is 7.04. The number of aromatic carboxylic acids is 4. The summed E-state index contributed by atoms with van der Waals surface area (Å²) >= 11 is 0. The van der Waals surface area contributed by atoms with Crippen LogP contribution in [0.4, 0.5) is 13.5 Å². The Balaban J connectivity index is 2.32. The van der Waals surface area contributed by atoms with Crippen LogP contribution in [-0.2, 0) is 10.5 Å². The van der Waals surface area contributed by atoms with E-state index in [1.165, 1.54) is 6.07 Å². The first-order valence-corrected chi connectivity index (χ1v) is 10.6. The van der Waals surface area contributed by atoms with Crippen molar-refractivity contribution in [3.8, 4) is 22.3 Å². The Labute approximate surface area is 195 Å². The molecule has 0 aromatic heterocycles. The largest absolute Gasteiger partial charge is 0.478 e. The average Bonchev–Trinajstić information content (AvgIpc) is 2.77. The van der Waals surface area contributed by atoms with Gasteiger partial charge in [0, 0.05) is 5.56 Å². The molecule has 10 nitrogen and oxygen atoms in total. The third-order valence-electron chi connectivity index (χ3n) is 4.70. The van der Waals surface area contributed by atoms with E-state index in [1.54, 1.807) is 0 Å². The Morgan fingerprint density at radius 1 is 0.600 bits per heavy atom. The molecule has 0 heterocycles. The lowest BCUT2D eigenvalue weighted by Gasteiger charge is -2.12. The fourth-order valence-corrected chi connectivity index (χ4v) is 3.60. The summed E-state index contributed by atoms with van der Waals surface area (Å²) in [6, 6.07) is 9.34. The second-order valence-corrected chi connectivity index (χ2v) is 8.02. The van der Waals surface area contributed by atoms with E-state index in [1.807, 2.05) is 0 Å². The first-order valence-electron chi connectivity index (χ1n) is 9.29. The van der Waals surface area contributed by atoms with Crippen LogP contribution in [0, 0.1) is 0 Å². The molecule has 3 rings (SSSR count). The van der Waals surface area contributed by atoms with Crippen molar-refractivity contribution in [2.75, 3.05) is 0 Å². The van der Waals surface area contributed by atoms with Crippen LogP contribution in [-0.4, -0.2) is 48.5 Å². The van der Waals surface area contributed by atoms with Crippen molar-refractivity contribution in [2.45, 2.75) is 0 Å². The van der Waals surface area contributed by atoms with Crippen molar-refractivity contribution in [3.63, 3.8) is 0 Å². The van der Waals surface area contributed by atoms with Crippen LogP contribution in [0.25, 0.3) is 22.3 Å². The fourth-order valence-electron chi connectivity index (χ4n) is 3.22. The van der Waals surface area contributed by atoms with E-state index in [4.69, 9.17) is 0 Å². The van der Waals surface area contributed by atoms with Gasteiger partial charge in [-0.1, -0.05) is 19.9 Å². The van der Waals surface area contributed by atoms with Crippen molar-refractivity contribution in [1.82, 2.24) is 0 Å². The van der Waals surface area contributed by atoms with Gasteiger partial charge in [-0.25, -0.2) is 19.2 Å². The van der Waals surface area contributed by atoms with Gasteiger partial charge in [-0.2, -0.15) is 4.21 Å². The van der Waals surface area contributed by atoms with E-state index in [0.717, 1.165) is 48.5 Å². The molecule has 180 valence electrons. The minimum absolute atomic E-state index is 0.0000250. The van der Waals surface area contributed by atoms with E-state index in [0.29, 0.717) is 0 Å². The highest BCUT2D eigenvalue weighted by Crippen LogP contribution is 2.37. The summed E-state index contributed by atoms with van der Waals surface area (Å²) in [5.74, 6) is -5.87. The zero-order valence-corrected chi connectivity index (χ0v) is 18.0. The van der Waals surface area contributed by atoms with Crippen LogP contribution >= 0.6 is 0 Å². The van der Waals surface area contributed by atoms with Gasteiger partial charge in [0.05, 0.1) is 27.9 Å². The molecule has 0 fully saturated rings. The van der Waals surface area contributed by atoms with E-state index < -0.39 is 62.3 Å². The molecule has 0 aliphatic carbocycles. The van der Waals surface area contributed by atoms with Gasteiger partial charge in [-0.05, 0) is 59.2 Å². The number of hydrogen-bond donors (Lipinski definition) is 4. The van der Waals surface area contributed by atoms with E-state index in [-0.39, 0.29) is 22.3 Å². The number of rotatable bonds is 7. The number of nitrogens with zero attached hydrogens (tertiary/aromatic N) is 1. The summed E-state index contributed by atoms with van der Waals surface area (Å²) in [6.45, 7) is 0. The Morgan fingerprint density at radius 3 is 1.37 bits per heavy atom. The number of hydrogen-bond acceptors (Lipinski definition) is 6. The molecule has 0 aliphatic heterocycles. The lowest BCUT2D eigenvalue weighted by Crippen LogP contribution is -2.03. The van der Waals surface area contributed by atoms with E-state index >= 15 is 0 Å². The van der Waals surface area contributed by atoms with Gasteiger partial charge in [-0.15, -0.1) is 4.36 Å². The zero-order valence-electron chi connectivity index (χ0n) is 17.1. The van der Waals surface area contributed by atoms with Crippen LogP contribution in [0.15, 0.2) is 59.0 Å². The molecule has 0 saturated heterocycles. The molecule has 3 aromatic rings. The van der Waals surface area contributed by atoms with Gasteiger partial charge in [0.15, 0.2) is 0 Å². The van der Waals surface area contributed by atoms with Crippen LogP contribution in [0.3, 0.4) is 0 Å². The lowest BCUT2D eigenvalue weighted by molar-refractivity contribution is 0.0676. The molecule has 0 saturated carbocycles. The van der Waals surface area contributed by atoms with Gasteiger partial charge < -0.3 is 20.4 Å². The van der Waals surface area contributed by atoms with Crippen molar-refractivity contribution in [3.05, 3.63) is 76.9 Å². The van der Waals surface area contributed by atoms with E-state index in [2.05, 4.69) is 4.36 Å². The van der Waals surface area contributed by atoms with E-state index in [9.17, 15) is 51.6 Å². The highest BCUT2D eigenvalue weighted by Gasteiger charge is 2.18. The summed E-state index contributed by atoms with van der Waals surface area (Å²) in [6.07, 6.45) is 0. The Morgan fingerprint density at radius 2 is 1.00 bits per heavy atom. The Bertz CT molecular complexity index is 1470. The number of carboxylic acids is 4. The SMILES string of the molecule is O=C(O)c1cc(C(=O)O)cc(-c2ccc(-c3cc(C(=O)O)cc(C(=O)O)c3)c(N=S(=O)(F)F)c2)c1. The molecule has 0 amide bonds. The maximum Gasteiger partial charge on any atom is 0.371 e. The van der Waals surface area contributed by atoms with Gasteiger partial charge in [0.25, 0.3) is 0 Å². The van der Waals surface area contributed by atoms with Crippen molar-refractivity contribution >= 4 is 40.1 Å². The minimum atomic E-state index is -5.75. The molecule has 0 unspecified atom stereocenters. The van der Waals surface area contributed by atoms with Gasteiger partial charge in [0.1, 0.15) is 0 Å². The van der Waals surface area contributed by atoms with Crippen molar-refractivity contribution in [2.24, 2.45) is 4.36 Å². The molecule has 0 aliphatic rings. The predicted octanol–water partition coefficient (Wildman–Crippen LogP) is 4.68. The number of carbonyl (C=O) groups is 4. The Hall–Kier alpha value is -4.65. The highest BCUT2D eigenvalue weighted by atomic mass is 32.3. The summed E-state index contributed by atoms with van der Waals surface area (Å²) in [5.41, 5.74) is -2.67. The van der Waals surface area contributed by atoms with Crippen molar-refractivity contribution < 1.29 is 51.6 Å². The van der Waals surface area contributed by atoms with Gasteiger partial charge >= 0.3 is 34.4 Å². The lowest BCUT2D eigenvalue weighted by atomic mass is 9.94. The first-order chi connectivity index (χ1) is 16.2. The van der Waals surface area contributed by atoms with Gasteiger partial charge in [0.2, 0.25) is 0 Å². The summed E-state index contributed by atoms with van der Waals surface area (Å²) < 4.78 is 40.9. The topological polar surface area (TPSA) is 179 Å². The third kappa shape index (κ3) is 5.83. The van der Waals surface area contributed by atoms with Crippen LogP contribution < -0.4 is 0 Å². The molecule has 0 spiro atoms. The quantitative estimate of drug-likeness (QED) is 0.332. The summed E-state index contributed by atoms with van der Waals surface area (Å²) in [4.78, 5) is 45.6. The number of halogens is 2. The third-order valence-corrected chi connectivity index (χ3v) is 5.11. The van der Waals surface area contributed by atoms with Crippen molar-refractivity contribution in [1.29, 1.82) is 0 Å². The molecular formula is C22H13F2NO9S. The maximum atomic E-state index is 13.4. The van der Waals surface area contributed by atoms with Crippen LogP contribution in [0.1, 0.15) is 41.4 Å². The monoisotopic (exact) mass is 505 g/mol.